The quantitative estimate of drug-likeness (QED) is 0.707. The van der Waals surface area contributed by atoms with Gasteiger partial charge >= 0.3 is 6.03 Å². The Morgan fingerprint density at radius 1 is 1.12 bits per heavy atom. The molecule has 4 atom stereocenters. The summed E-state index contributed by atoms with van der Waals surface area (Å²) in [6.07, 6.45) is 6.94. The van der Waals surface area contributed by atoms with Gasteiger partial charge < -0.3 is 15.5 Å². The van der Waals surface area contributed by atoms with Crippen LogP contribution in [0.2, 0.25) is 0 Å². The molecule has 0 aromatic rings. The molecule has 3 saturated heterocycles. The molecule has 4 unspecified atom stereocenters. The summed E-state index contributed by atoms with van der Waals surface area (Å²) in [5, 5.41) is 18.3. The van der Waals surface area contributed by atoms with Crippen molar-refractivity contribution in [2.75, 3.05) is 13.1 Å². The predicted octanol–water partition coefficient (Wildman–Crippen LogP) is 0.924. The Morgan fingerprint density at radius 3 is 2.68 bits per heavy atom. The van der Waals surface area contributed by atoms with Gasteiger partial charge in [-0.3, -0.25) is 10.1 Å². The van der Waals surface area contributed by atoms with Gasteiger partial charge in [0.15, 0.2) is 0 Å². The summed E-state index contributed by atoms with van der Waals surface area (Å²) in [5.74, 6) is 0.655. The van der Waals surface area contributed by atoms with Crippen molar-refractivity contribution in [3.8, 4) is 6.07 Å². The van der Waals surface area contributed by atoms with E-state index in [1.165, 1.54) is 0 Å². The Bertz CT molecular complexity index is 581. The molecular formula is C18H27N5O2. The van der Waals surface area contributed by atoms with Crippen molar-refractivity contribution in [1.29, 1.82) is 5.26 Å². The van der Waals surface area contributed by atoms with Crippen molar-refractivity contribution in [3.05, 3.63) is 0 Å². The van der Waals surface area contributed by atoms with Crippen LogP contribution in [0.4, 0.5) is 4.79 Å². The standard InChI is InChI=1S/C18H27N5O2/c19-8-1-2-11-3-5-12(6-4-11)23-15-13-7-9-20-16(13)21-10-14(15)17(24)22-18(23)25/h11-16,20-21H,1-7,9-10H2,(H,22,24,25). The van der Waals surface area contributed by atoms with Crippen molar-refractivity contribution < 1.29 is 9.59 Å². The first-order valence-corrected chi connectivity index (χ1v) is 9.66. The van der Waals surface area contributed by atoms with E-state index in [2.05, 4.69) is 22.0 Å². The van der Waals surface area contributed by atoms with Crippen molar-refractivity contribution in [1.82, 2.24) is 20.9 Å². The molecule has 4 rings (SSSR count). The number of hydrogen-bond donors (Lipinski definition) is 3. The Kier molecular flexibility index (Phi) is 4.65. The van der Waals surface area contributed by atoms with Crippen molar-refractivity contribution in [2.24, 2.45) is 17.8 Å². The number of hydrogen-bond acceptors (Lipinski definition) is 5. The van der Waals surface area contributed by atoms with E-state index in [4.69, 9.17) is 5.26 Å². The normalized spacial score (nSPS) is 40.8. The summed E-state index contributed by atoms with van der Waals surface area (Å²) < 4.78 is 0. The van der Waals surface area contributed by atoms with E-state index in [0.717, 1.165) is 45.1 Å². The van der Waals surface area contributed by atoms with E-state index in [1.807, 2.05) is 4.90 Å². The monoisotopic (exact) mass is 345 g/mol. The summed E-state index contributed by atoms with van der Waals surface area (Å²) in [7, 11) is 0. The lowest BCUT2D eigenvalue weighted by Gasteiger charge is -2.51. The van der Waals surface area contributed by atoms with E-state index in [1.54, 1.807) is 0 Å². The third-order valence-corrected chi connectivity index (χ3v) is 6.68. The molecule has 7 heteroatoms. The van der Waals surface area contributed by atoms with Crippen molar-refractivity contribution in [3.63, 3.8) is 0 Å². The van der Waals surface area contributed by atoms with Crippen LogP contribution in [0.3, 0.4) is 0 Å². The first-order chi connectivity index (χ1) is 12.2. The SMILES string of the molecule is N#CCCC1CCC(N2C(=O)NC(=O)C3CNC4NCCC4C32)CC1. The summed E-state index contributed by atoms with van der Waals surface area (Å²) in [5.41, 5.74) is 0. The summed E-state index contributed by atoms with van der Waals surface area (Å²) >= 11 is 0. The van der Waals surface area contributed by atoms with Crippen LogP contribution >= 0.6 is 0 Å². The number of fused-ring (bicyclic) bond motifs is 3. The minimum Gasteiger partial charge on any atom is -0.317 e. The van der Waals surface area contributed by atoms with Gasteiger partial charge in [-0.2, -0.15) is 5.26 Å². The largest absolute Gasteiger partial charge is 0.324 e. The Labute approximate surface area is 148 Å². The first kappa shape index (κ1) is 16.8. The molecule has 4 fully saturated rings. The fourth-order valence-corrected chi connectivity index (χ4v) is 5.42. The maximum absolute atomic E-state index is 12.7. The highest BCUT2D eigenvalue weighted by molar-refractivity contribution is 5.99. The minimum atomic E-state index is -0.195. The van der Waals surface area contributed by atoms with Gasteiger partial charge in [-0.25, -0.2) is 4.79 Å². The Morgan fingerprint density at radius 2 is 1.92 bits per heavy atom. The molecule has 0 bridgehead atoms. The van der Waals surface area contributed by atoms with Gasteiger partial charge in [0.2, 0.25) is 5.91 Å². The van der Waals surface area contributed by atoms with E-state index >= 15 is 0 Å². The topological polar surface area (TPSA) is 97.3 Å². The summed E-state index contributed by atoms with van der Waals surface area (Å²) in [6, 6.07) is 2.28. The first-order valence-electron chi connectivity index (χ1n) is 9.66. The number of nitrogens with one attached hydrogen (secondary N) is 3. The van der Waals surface area contributed by atoms with Crippen LogP contribution in [-0.4, -0.2) is 48.2 Å². The highest BCUT2D eigenvalue weighted by Crippen LogP contribution is 2.39. The molecule has 1 aliphatic carbocycles. The molecule has 4 aliphatic rings. The molecule has 3 aliphatic heterocycles. The molecule has 0 radical (unpaired) electrons. The number of carbonyl (C=O) groups is 2. The van der Waals surface area contributed by atoms with Crippen LogP contribution in [0, 0.1) is 29.1 Å². The average Bonchev–Trinajstić information content (AvgIpc) is 3.10. The molecule has 136 valence electrons. The van der Waals surface area contributed by atoms with Crippen molar-refractivity contribution in [2.45, 2.75) is 63.2 Å². The zero-order chi connectivity index (χ0) is 17.4. The fraction of sp³-hybridized carbons (Fsp3) is 0.833. The number of nitrogens with zero attached hydrogens (tertiary/aromatic N) is 2. The number of nitriles is 1. The van der Waals surface area contributed by atoms with Crippen LogP contribution in [0.25, 0.3) is 0 Å². The van der Waals surface area contributed by atoms with Gasteiger partial charge in [0.05, 0.1) is 24.2 Å². The number of rotatable bonds is 3. The number of carbonyl (C=O) groups excluding carboxylic acids is 2. The highest BCUT2D eigenvalue weighted by atomic mass is 16.2. The average molecular weight is 345 g/mol. The minimum absolute atomic E-state index is 0.0168. The summed E-state index contributed by atoms with van der Waals surface area (Å²) in [6.45, 7) is 1.57. The van der Waals surface area contributed by atoms with E-state index in [0.29, 0.717) is 24.8 Å². The third-order valence-electron chi connectivity index (χ3n) is 6.68. The predicted molar refractivity (Wildman–Crippen MR) is 91.1 cm³/mol. The number of piperidine rings is 1. The zero-order valence-corrected chi connectivity index (χ0v) is 14.5. The molecule has 7 nitrogen and oxygen atoms in total. The van der Waals surface area contributed by atoms with Crippen LogP contribution in [0.15, 0.2) is 0 Å². The van der Waals surface area contributed by atoms with Crippen LogP contribution in [0.5, 0.6) is 0 Å². The van der Waals surface area contributed by atoms with E-state index in [9.17, 15) is 9.59 Å². The maximum atomic E-state index is 12.7. The number of imide groups is 1. The molecule has 3 amide bonds. The van der Waals surface area contributed by atoms with Crippen LogP contribution in [0.1, 0.15) is 44.9 Å². The second-order valence-corrected chi connectivity index (χ2v) is 7.96. The highest BCUT2D eigenvalue weighted by Gasteiger charge is 2.53. The van der Waals surface area contributed by atoms with Crippen LogP contribution in [-0.2, 0) is 4.79 Å². The summed E-state index contributed by atoms with van der Waals surface area (Å²) in [4.78, 5) is 27.1. The molecular weight excluding hydrogens is 318 g/mol. The van der Waals surface area contributed by atoms with Gasteiger partial charge in [-0.15, -0.1) is 0 Å². The van der Waals surface area contributed by atoms with Gasteiger partial charge in [-0.05, 0) is 51.0 Å². The van der Waals surface area contributed by atoms with Gasteiger partial charge in [0, 0.05) is 24.9 Å². The lowest BCUT2D eigenvalue weighted by Crippen LogP contribution is -2.71. The van der Waals surface area contributed by atoms with Gasteiger partial charge in [-0.1, -0.05) is 0 Å². The molecule has 0 spiro atoms. The molecule has 0 aromatic carbocycles. The molecule has 3 N–H and O–H groups in total. The smallest absolute Gasteiger partial charge is 0.317 e. The maximum Gasteiger partial charge on any atom is 0.324 e. The number of urea groups is 1. The van der Waals surface area contributed by atoms with E-state index in [-0.39, 0.29) is 36.1 Å². The third kappa shape index (κ3) is 3.02. The second kappa shape index (κ2) is 6.93. The number of amides is 3. The second-order valence-electron chi connectivity index (χ2n) is 7.96. The van der Waals surface area contributed by atoms with E-state index < -0.39 is 0 Å². The Hall–Kier alpha value is -1.65. The zero-order valence-electron chi connectivity index (χ0n) is 14.5. The van der Waals surface area contributed by atoms with Crippen molar-refractivity contribution >= 4 is 11.9 Å². The molecule has 0 aromatic heterocycles. The van der Waals surface area contributed by atoms with Crippen LogP contribution < -0.4 is 16.0 Å². The lowest BCUT2D eigenvalue weighted by molar-refractivity contribution is -0.132. The Balaban J connectivity index is 1.50. The fourth-order valence-electron chi connectivity index (χ4n) is 5.42. The molecule has 1 saturated carbocycles. The molecule has 3 heterocycles. The lowest BCUT2D eigenvalue weighted by atomic mass is 9.76. The van der Waals surface area contributed by atoms with Gasteiger partial charge in [0.1, 0.15) is 0 Å². The van der Waals surface area contributed by atoms with Gasteiger partial charge in [0.25, 0.3) is 0 Å². The molecule has 25 heavy (non-hydrogen) atoms.